The van der Waals surface area contributed by atoms with Gasteiger partial charge in [-0.1, -0.05) is 0 Å². The van der Waals surface area contributed by atoms with Gasteiger partial charge in [-0.3, -0.25) is 0 Å². The standard InChI is InChI=1S/C20H36N2O13/c21-4-2-1-3-5-32-18-16(29)15(28)14(27)11(34-18)8-33-20(19(30)31)6-9(24)12(22)17(35-20)13(26)10(25)7-23/h9-13,16-18,23-29H,1-8,21-22H2,(H,30,31)/t9?,10-,11?,12-,13-,16?,17?,18+,20-/m1/s1. The summed E-state index contributed by atoms with van der Waals surface area (Å²) in [5.41, 5.74) is 11.2. The van der Waals surface area contributed by atoms with Crippen LogP contribution in [0.4, 0.5) is 0 Å². The number of unbranched alkanes of at least 4 members (excludes halogenated alkanes) is 2. The van der Waals surface area contributed by atoms with Crippen molar-refractivity contribution in [2.24, 2.45) is 11.5 Å². The highest BCUT2D eigenvalue weighted by Crippen LogP contribution is 2.34. The van der Waals surface area contributed by atoms with Crippen LogP contribution in [0.25, 0.3) is 0 Å². The van der Waals surface area contributed by atoms with Crippen LogP contribution in [0.5, 0.6) is 0 Å². The van der Waals surface area contributed by atoms with E-state index in [2.05, 4.69) is 0 Å². The highest BCUT2D eigenvalue weighted by Gasteiger charge is 2.55. The normalized spacial score (nSPS) is 35.6. The summed E-state index contributed by atoms with van der Waals surface area (Å²) in [6.45, 7) is -1.00. The van der Waals surface area contributed by atoms with Crippen molar-refractivity contribution in [3.63, 3.8) is 0 Å². The van der Waals surface area contributed by atoms with E-state index in [0.717, 1.165) is 12.8 Å². The number of aliphatic hydroxyl groups excluding tert-OH is 7. The fourth-order valence-corrected chi connectivity index (χ4v) is 3.72. The Morgan fingerprint density at radius 3 is 2.46 bits per heavy atom. The van der Waals surface area contributed by atoms with E-state index in [1.54, 1.807) is 0 Å². The minimum Gasteiger partial charge on any atom is -0.506 e. The summed E-state index contributed by atoms with van der Waals surface area (Å²) in [7, 11) is 0. The van der Waals surface area contributed by atoms with Crippen molar-refractivity contribution in [1.82, 2.24) is 0 Å². The van der Waals surface area contributed by atoms with Gasteiger partial charge in [0.1, 0.15) is 24.4 Å². The van der Waals surface area contributed by atoms with E-state index in [1.807, 2.05) is 0 Å². The van der Waals surface area contributed by atoms with Gasteiger partial charge in [0, 0.05) is 13.0 Å². The predicted octanol–water partition coefficient (Wildman–Crippen LogP) is -3.47. The van der Waals surface area contributed by atoms with Gasteiger partial charge in [0.15, 0.2) is 23.9 Å². The molecule has 0 aromatic carbocycles. The summed E-state index contributed by atoms with van der Waals surface area (Å²) in [6, 6.07) is -1.34. The summed E-state index contributed by atoms with van der Waals surface area (Å²) < 4.78 is 21.6. The van der Waals surface area contributed by atoms with Crippen LogP contribution in [0, 0.1) is 0 Å². The Labute approximate surface area is 201 Å². The van der Waals surface area contributed by atoms with Crippen molar-refractivity contribution in [3.8, 4) is 0 Å². The first-order chi connectivity index (χ1) is 16.5. The SMILES string of the molecule is NCCCCCO[C@H]1OC(CO[C@]2(C(=O)O)CC(O)[C@@H](N)C([C@H](O)[C@H](O)CO)O2)C(O)=C(O)C1O. The molecule has 15 heteroatoms. The molecule has 0 radical (unpaired) electrons. The van der Waals surface area contributed by atoms with Gasteiger partial charge >= 0.3 is 5.97 Å². The van der Waals surface area contributed by atoms with E-state index < -0.39 is 91.9 Å². The van der Waals surface area contributed by atoms with E-state index in [4.69, 9.17) is 35.5 Å². The number of carboxylic acid groups (broad SMARTS) is 1. The highest BCUT2D eigenvalue weighted by atomic mass is 16.7. The van der Waals surface area contributed by atoms with Crippen LogP contribution >= 0.6 is 0 Å². The summed E-state index contributed by atoms with van der Waals surface area (Å²) in [5, 5.41) is 79.5. The second-order valence-corrected chi connectivity index (χ2v) is 8.47. The maximum atomic E-state index is 12.1. The molecule has 0 spiro atoms. The Balaban J connectivity index is 2.14. The Bertz CT molecular complexity index is 725. The molecule has 0 amide bonds. The third kappa shape index (κ3) is 6.99. The van der Waals surface area contributed by atoms with Crippen LogP contribution < -0.4 is 11.5 Å². The molecule has 2 aliphatic rings. The van der Waals surface area contributed by atoms with Gasteiger partial charge in [-0.05, 0) is 25.8 Å². The molecule has 1 fully saturated rings. The number of carboxylic acids is 1. The van der Waals surface area contributed by atoms with Crippen LogP contribution in [0.3, 0.4) is 0 Å². The number of ether oxygens (including phenoxy) is 4. The zero-order chi connectivity index (χ0) is 26.3. The number of hydrogen-bond acceptors (Lipinski definition) is 14. The molecule has 2 heterocycles. The van der Waals surface area contributed by atoms with Gasteiger partial charge in [0.2, 0.25) is 0 Å². The molecule has 204 valence electrons. The Hall–Kier alpha value is -1.63. The zero-order valence-corrected chi connectivity index (χ0v) is 19.0. The number of nitrogens with two attached hydrogens (primary N) is 2. The van der Waals surface area contributed by atoms with E-state index >= 15 is 0 Å². The Morgan fingerprint density at radius 2 is 1.86 bits per heavy atom. The first kappa shape index (κ1) is 29.6. The number of carbonyl (C=O) groups is 1. The molecule has 2 rings (SSSR count). The van der Waals surface area contributed by atoms with Crippen LogP contribution in [-0.4, -0.2) is 128 Å². The second kappa shape index (κ2) is 13.1. The monoisotopic (exact) mass is 512 g/mol. The summed E-state index contributed by atoms with van der Waals surface area (Å²) in [6.07, 6.45) is -10.1. The van der Waals surface area contributed by atoms with Crippen molar-refractivity contribution in [2.45, 2.75) is 80.4 Å². The number of aliphatic carboxylic acids is 1. The molecule has 35 heavy (non-hydrogen) atoms. The van der Waals surface area contributed by atoms with E-state index in [1.165, 1.54) is 0 Å². The van der Waals surface area contributed by atoms with Gasteiger partial charge in [-0.15, -0.1) is 0 Å². The summed E-state index contributed by atoms with van der Waals surface area (Å²) in [4.78, 5) is 12.1. The van der Waals surface area contributed by atoms with Gasteiger partial charge in [0.25, 0.3) is 5.79 Å². The number of hydrogen-bond donors (Lipinski definition) is 10. The Morgan fingerprint density at radius 1 is 1.17 bits per heavy atom. The topological polar surface area (TPSA) is 268 Å². The van der Waals surface area contributed by atoms with Crippen molar-refractivity contribution in [2.75, 3.05) is 26.4 Å². The molecule has 0 aliphatic carbocycles. The molecule has 2 aliphatic heterocycles. The lowest BCUT2D eigenvalue weighted by Gasteiger charge is -2.45. The van der Waals surface area contributed by atoms with Crippen LogP contribution in [-0.2, 0) is 23.7 Å². The number of rotatable bonds is 13. The summed E-state index contributed by atoms with van der Waals surface area (Å²) in [5.74, 6) is -6.02. The lowest BCUT2D eigenvalue weighted by Crippen LogP contribution is -2.66. The molecule has 1 saturated heterocycles. The third-order valence-corrected chi connectivity index (χ3v) is 5.87. The smallest absolute Gasteiger partial charge is 0.364 e. The van der Waals surface area contributed by atoms with Crippen molar-refractivity contribution in [1.29, 1.82) is 0 Å². The van der Waals surface area contributed by atoms with E-state index in [0.29, 0.717) is 13.0 Å². The third-order valence-electron chi connectivity index (χ3n) is 5.87. The maximum absolute atomic E-state index is 12.1. The van der Waals surface area contributed by atoms with Crippen molar-refractivity contribution in [3.05, 3.63) is 11.5 Å². The molecule has 0 aromatic heterocycles. The lowest BCUT2D eigenvalue weighted by atomic mass is 9.89. The quantitative estimate of drug-likeness (QED) is 0.107. The first-order valence-corrected chi connectivity index (χ1v) is 11.2. The van der Waals surface area contributed by atoms with E-state index in [9.17, 15) is 40.5 Å². The summed E-state index contributed by atoms with van der Waals surface area (Å²) >= 11 is 0. The molecule has 0 aromatic rings. The molecule has 0 saturated carbocycles. The molecule has 4 unspecified atom stereocenters. The van der Waals surface area contributed by atoms with Gasteiger partial charge in [0.05, 0.1) is 25.4 Å². The van der Waals surface area contributed by atoms with Crippen LogP contribution in [0.15, 0.2) is 11.5 Å². The van der Waals surface area contributed by atoms with Crippen LogP contribution in [0.2, 0.25) is 0 Å². The van der Waals surface area contributed by atoms with E-state index in [-0.39, 0.29) is 6.61 Å². The maximum Gasteiger partial charge on any atom is 0.364 e. The predicted molar refractivity (Wildman–Crippen MR) is 115 cm³/mol. The van der Waals surface area contributed by atoms with Crippen molar-refractivity contribution >= 4 is 5.97 Å². The average Bonchev–Trinajstić information content (AvgIpc) is 2.83. The zero-order valence-electron chi connectivity index (χ0n) is 19.0. The molecular weight excluding hydrogens is 476 g/mol. The first-order valence-electron chi connectivity index (χ1n) is 11.2. The minimum absolute atomic E-state index is 0.141. The van der Waals surface area contributed by atoms with Crippen LogP contribution in [0.1, 0.15) is 25.7 Å². The minimum atomic E-state index is -2.61. The second-order valence-electron chi connectivity index (χ2n) is 8.47. The van der Waals surface area contributed by atoms with Gasteiger partial charge in [-0.2, -0.15) is 0 Å². The molecule has 9 atom stereocenters. The average molecular weight is 513 g/mol. The lowest BCUT2D eigenvalue weighted by molar-refractivity contribution is -0.319. The highest BCUT2D eigenvalue weighted by molar-refractivity contribution is 5.76. The molecule has 0 bridgehead atoms. The van der Waals surface area contributed by atoms with Gasteiger partial charge in [-0.25, -0.2) is 4.79 Å². The fraction of sp³-hybridized carbons (Fsp3) is 0.850. The largest absolute Gasteiger partial charge is 0.506 e. The Kier molecular flexibility index (Phi) is 11.1. The molecule has 12 N–H and O–H groups in total. The van der Waals surface area contributed by atoms with Gasteiger partial charge < -0.3 is 71.3 Å². The molecular formula is C20H36N2O13. The fourth-order valence-electron chi connectivity index (χ4n) is 3.72. The van der Waals surface area contributed by atoms with Crippen molar-refractivity contribution < 1.29 is 64.6 Å². The number of aliphatic hydroxyl groups is 7. The molecule has 15 nitrogen and oxygen atoms in total.